The highest BCUT2D eigenvalue weighted by Crippen LogP contribution is 2.19. The van der Waals surface area contributed by atoms with E-state index in [-0.39, 0.29) is 24.4 Å². The van der Waals surface area contributed by atoms with Crippen molar-refractivity contribution in [2.75, 3.05) is 19.6 Å². The molecule has 1 aromatic heterocycles. The number of amides is 2. The van der Waals surface area contributed by atoms with Gasteiger partial charge in [-0.1, -0.05) is 0 Å². The van der Waals surface area contributed by atoms with Crippen molar-refractivity contribution in [2.24, 2.45) is 0 Å². The summed E-state index contributed by atoms with van der Waals surface area (Å²) in [7, 11) is 0. The number of halogens is 1. The second kappa shape index (κ2) is 7.47. The lowest BCUT2D eigenvalue weighted by Gasteiger charge is -2.19. The number of nitrogens with one attached hydrogen (secondary N) is 1. The van der Waals surface area contributed by atoms with Gasteiger partial charge in [-0.05, 0) is 49.7 Å². The van der Waals surface area contributed by atoms with Crippen LogP contribution in [-0.2, 0) is 4.79 Å². The van der Waals surface area contributed by atoms with Gasteiger partial charge in [0, 0.05) is 29.8 Å². The molecule has 1 aromatic rings. The van der Waals surface area contributed by atoms with Gasteiger partial charge in [-0.15, -0.1) is 0 Å². The molecule has 0 saturated heterocycles. The summed E-state index contributed by atoms with van der Waals surface area (Å²) in [6.07, 6.45) is 1.87. The van der Waals surface area contributed by atoms with E-state index in [0.717, 1.165) is 4.47 Å². The Labute approximate surface area is 128 Å². The summed E-state index contributed by atoms with van der Waals surface area (Å²) in [6, 6.07) is 1.94. The first kappa shape index (κ1) is 16.8. The van der Waals surface area contributed by atoms with Gasteiger partial charge in [0.25, 0.3) is 5.91 Å². The number of rotatable bonds is 6. The number of carbonyl (C=O) groups excluding carboxylic acids is 2. The number of aromatic nitrogens is 1. The van der Waals surface area contributed by atoms with Gasteiger partial charge in [-0.25, -0.2) is 0 Å². The lowest BCUT2D eigenvalue weighted by atomic mass is 10.3. The van der Waals surface area contributed by atoms with Gasteiger partial charge in [0.1, 0.15) is 5.69 Å². The summed E-state index contributed by atoms with van der Waals surface area (Å²) in [5.74, 6) is -0.296. The normalized spacial score (nSPS) is 10.7. The highest BCUT2D eigenvalue weighted by molar-refractivity contribution is 9.10. The molecule has 0 radical (unpaired) electrons. The summed E-state index contributed by atoms with van der Waals surface area (Å²) in [5.41, 5.74) is 0.555. The van der Waals surface area contributed by atoms with Gasteiger partial charge in [-0.3, -0.25) is 9.59 Å². The van der Waals surface area contributed by atoms with Gasteiger partial charge in [0.05, 0.1) is 6.54 Å². The number of nitrogens with zero attached hydrogens (tertiary/aromatic N) is 2. The predicted molar refractivity (Wildman–Crippen MR) is 82.8 cm³/mol. The molecule has 0 aliphatic heterocycles. The number of likely N-dealkylation sites (N-methyl/N-ethyl adjacent to an activating group) is 1. The van der Waals surface area contributed by atoms with E-state index in [1.807, 2.05) is 38.5 Å². The Hall–Kier alpha value is -1.30. The van der Waals surface area contributed by atoms with Gasteiger partial charge >= 0.3 is 0 Å². The van der Waals surface area contributed by atoms with Gasteiger partial charge in [-0.2, -0.15) is 0 Å². The second-order valence-corrected chi connectivity index (χ2v) is 5.71. The first-order valence-electron chi connectivity index (χ1n) is 6.84. The third-order valence-corrected chi connectivity index (χ3v) is 3.55. The molecular weight excluding hydrogens is 322 g/mol. The van der Waals surface area contributed by atoms with Crippen LogP contribution in [0.15, 0.2) is 16.7 Å². The topological polar surface area (TPSA) is 54.3 Å². The Bertz CT molecular complexity index is 479. The first-order valence-corrected chi connectivity index (χ1v) is 7.63. The van der Waals surface area contributed by atoms with Gasteiger partial charge in [0.2, 0.25) is 5.91 Å². The van der Waals surface area contributed by atoms with Crippen LogP contribution in [0.1, 0.15) is 44.2 Å². The third-order valence-electron chi connectivity index (χ3n) is 3.12. The van der Waals surface area contributed by atoms with Crippen LogP contribution in [0.5, 0.6) is 0 Å². The fraction of sp³-hybridized carbons (Fsp3) is 0.571. The first-order chi connectivity index (χ1) is 9.40. The number of hydrogen-bond donors (Lipinski definition) is 1. The van der Waals surface area contributed by atoms with Crippen LogP contribution in [-0.4, -0.2) is 40.9 Å². The van der Waals surface area contributed by atoms with Crippen molar-refractivity contribution in [1.82, 2.24) is 14.8 Å². The maximum atomic E-state index is 12.2. The lowest BCUT2D eigenvalue weighted by molar-refractivity contribution is -0.129. The molecule has 0 saturated carbocycles. The zero-order valence-corrected chi connectivity index (χ0v) is 14.0. The van der Waals surface area contributed by atoms with Crippen molar-refractivity contribution in [3.05, 3.63) is 22.4 Å². The minimum atomic E-state index is -0.232. The zero-order valence-electron chi connectivity index (χ0n) is 12.4. The van der Waals surface area contributed by atoms with Crippen molar-refractivity contribution >= 4 is 27.7 Å². The van der Waals surface area contributed by atoms with Crippen LogP contribution in [0.2, 0.25) is 0 Å². The maximum Gasteiger partial charge on any atom is 0.268 e. The molecule has 5 nitrogen and oxygen atoms in total. The van der Waals surface area contributed by atoms with Gasteiger partial charge < -0.3 is 14.8 Å². The smallest absolute Gasteiger partial charge is 0.268 e. The fourth-order valence-electron chi connectivity index (χ4n) is 1.99. The van der Waals surface area contributed by atoms with Crippen LogP contribution < -0.4 is 5.32 Å². The Kier molecular flexibility index (Phi) is 6.26. The van der Waals surface area contributed by atoms with Crippen molar-refractivity contribution in [3.8, 4) is 0 Å². The van der Waals surface area contributed by atoms with Crippen LogP contribution in [0.3, 0.4) is 0 Å². The molecule has 0 bridgehead atoms. The van der Waals surface area contributed by atoms with Crippen LogP contribution >= 0.6 is 15.9 Å². The average Bonchev–Trinajstić information content (AvgIpc) is 2.79. The standard InChI is InChI=1S/C14H22BrN3O2/c1-5-17(6-2)13(19)8-16-14(20)12-7-11(15)9-18(12)10(3)4/h7,9-10H,5-6,8H2,1-4H3,(H,16,20). The maximum absolute atomic E-state index is 12.2. The van der Waals surface area contributed by atoms with Crippen LogP contribution in [0.4, 0.5) is 0 Å². The summed E-state index contributed by atoms with van der Waals surface area (Å²) in [6.45, 7) is 9.18. The molecule has 0 fully saturated rings. The molecule has 0 spiro atoms. The molecule has 112 valence electrons. The Morgan fingerprint density at radius 2 is 1.95 bits per heavy atom. The van der Waals surface area contributed by atoms with Crippen molar-refractivity contribution < 1.29 is 9.59 Å². The number of carbonyl (C=O) groups is 2. The summed E-state index contributed by atoms with van der Waals surface area (Å²) >= 11 is 3.37. The van der Waals surface area contributed by atoms with E-state index in [1.165, 1.54) is 0 Å². The second-order valence-electron chi connectivity index (χ2n) is 4.79. The van der Waals surface area contributed by atoms with E-state index < -0.39 is 0 Å². The fourth-order valence-corrected chi connectivity index (χ4v) is 2.43. The minimum Gasteiger partial charge on any atom is -0.342 e. The molecule has 2 amide bonds. The molecule has 0 aliphatic rings. The summed E-state index contributed by atoms with van der Waals surface area (Å²) < 4.78 is 2.73. The molecule has 1 heterocycles. The van der Waals surface area contributed by atoms with Crippen molar-refractivity contribution in [3.63, 3.8) is 0 Å². The monoisotopic (exact) mass is 343 g/mol. The average molecular weight is 344 g/mol. The van der Waals surface area contributed by atoms with Gasteiger partial charge in [0.15, 0.2) is 0 Å². The lowest BCUT2D eigenvalue weighted by Crippen LogP contribution is -2.40. The quantitative estimate of drug-likeness (QED) is 0.862. The van der Waals surface area contributed by atoms with E-state index >= 15 is 0 Å². The summed E-state index contributed by atoms with van der Waals surface area (Å²) in [5, 5.41) is 2.68. The number of hydrogen-bond acceptors (Lipinski definition) is 2. The van der Waals surface area contributed by atoms with E-state index in [4.69, 9.17) is 0 Å². The molecule has 0 aromatic carbocycles. The Morgan fingerprint density at radius 1 is 1.35 bits per heavy atom. The van der Waals surface area contributed by atoms with E-state index in [1.54, 1.807) is 11.0 Å². The van der Waals surface area contributed by atoms with Crippen molar-refractivity contribution in [1.29, 1.82) is 0 Å². The molecule has 0 aliphatic carbocycles. The zero-order chi connectivity index (χ0) is 15.3. The Morgan fingerprint density at radius 3 is 2.45 bits per heavy atom. The highest BCUT2D eigenvalue weighted by atomic mass is 79.9. The minimum absolute atomic E-state index is 0.0292. The molecule has 1 rings (SSSR count). The van der Waals surface area contributed by atoms with Crippen molar-refractivity contribution in [2.45, 2.75) is 33.7 Å². The molecule has 1 N–H and O–H groups in total. The Balaban J connectivity index is 2.70. The predicted octanol–water partition coefficient (Wildman–Crippen LogP) is 2.43. The molecule has 20 heavy (non-hydrogen) atoms. The molecule has 6 heteroatoms. The van der Waals surface area contributed by atoms with Crippen LogP contribution in [0, 0.1) is 0 Å². The molecule has 0 atom stereocenters. The summed E-state index contributed by atoms with van der Waals surface area (Å²) in [4.78, 5) is 25.7. The van der Waals surface area contributed by atoms with E-state index in [0.29, 0.717) is 18.8 Å². The van der Waals surface area contributed by atoms with E-state index in [2.05, 4.69) is 21.2 Å². The highest BCUT2D eigenvalue weighted by Gasteiger charge is 2.17. The molecular formula is C14H22BrN3O2. The third kappa shape index (κ3) is 4.10. The van der Waals surface area contributed by atoms with Crippen LogP contribution in [0.25, 0.3) is 0 Å². The van der Waals surface area contributed by atoms with E-state index in [9.17, 15) is 9.59 Å². The SMILES string of the molecule is CCN(CC)C(=O)CNC(=O)c1cc(Br)cn1C(C)C. The molecule has 0 unspecified atom stereocenters. The largest absolute Gasteiger partial charge is 0.342 e.